The first-order valence-electron chi connectivity index (χ1n) is 8.45. The van der Waals surface area contributed by atoms with E-state index in [1.165, 1.54) is 16.0 Å². The predicted octanol–water partition coefficient (Wildman–Crippen LogP) is 3.06. The lowest BCUT2D eigenvalue weighted by molar-refractivity contribution is 0.0944. The Balaban J connectivity index is 1.59. The second-order valence-electron chi connectivity index (χ2n) is 5.73. The molecule has 0 unspecified atom stereocenters. The molecule has 8 heteroatoms. The highest BCUT2D eigenvalue weighted by Gasteiger charge is 2.15. The lowest BCUT2D eigenvalue weighted by atomic mass is 10.2. The van der Waals surface area contributed by atoms with Gasteiger partial charge in [0, 0.05) is 19.7 Å². The number of aromatic nitrogens is 2. The molecular formula is C19H20N4O3S. The van der Waals surface area contributed by atoms with E-state index in [1.54, 1.807) is 19.2 Å². The molecule has 27 heavy (non-hydrogen) atoms. The zero-order valence-electron chi connectivity index (χ0n) is 15.1. The lowest BCUT2D eigenvalue weighted by Crippen LogP contribution is -2.23. The van der Waals surface area contributed by atoms with Gasteiger partial charge >= 0.3 is 0 Å². The molecule has 0 aliphatic carbocycles. The van der Waals surface area contributed by atoms with Crippen LogP contribution in [0.1, 0.15) is 32.6 Å². The molecule has 1 aromatic carbocycles. The van der Waals surface area contributed by atoms with Crippen LogP contribution in [0.15, 0.2) is 47.8 Å². The van der Waals surface area contributed by atoms with Gasteiger partial charge in [-0.15, -0.1) is 11.3 Å². The molecule has 0 saturated heterocycles. The van der Waals surface area contributed by atoms with Gasteiger partial charge in [0.2, 0.25) is 0 Å². The number of ether oxygens (including phenoxy) is 1. The summed E-state index contributed by atoms with van der Waals surface area (Å²) in [5.74, 6) is 0.716. The Morgan fingerprint density at radius 3 is 2.63 bits per heavy atom. The molecule has 2 heterocycles. The summed E-state index contributed by atoms with van der Waals surface area (Å²) in [6, 6.07) is 12.6. The van der Waals surface area contributed by atoms with E-state index in [0.717, 1.165) is 11.3 Å². The number of thiophene rings is 1. The van der Waals surface area contributed by atoms with Crippen LogP contribution < -0.4 is 15.4 Å². The minimum Gasteiger partial charge on any atom is -0.494 e. The van der Waals surface area contributed by atoms with Crippen LogP contribution in [-0.4, -0.2) is 28.2 Å². The van der Waals surface area contributed by atoms with Crippen LogP contribution in [-0.2, 0) is 13.6 Å². The highest BCUT2D eigenvalue weighted by atomic mass is 32.1. The number of carbonyl (C=O) groups is 2. The first-order chi connectivity index (χ1) is 13.1. The molecular weight excluding hydrogens is 364 g/mol. The van der Waals surface area contributed by atoms with E-state index in [4.69, 9.17) is 4.74 Å². The molecule has 0 saturated carbocycles. The van der Waals surface area contributed by atoms with E-state index in [0.29, 0.717) is 23.8 Å². The molecule has 0 bridgehead atoms. The maximum atomic E-state index is 12.3. The van der Waals surface area contributed by atoms with E-state index in [9.17, 15) is 9.59 Å². The van der Waals surface area contributed by atoms with Crippen molar-refractivity contribution in [3.63, 3.8) is 0 Å². The third-order valence-corrected chi connectivity index (χ3v) is 4.66. The summed E-state index contributed by atoms with van der Waals surface area (Å²) in [5, 5.41) is 11.6. The van der Waals surface area contributed by atoms with Crippen molar-refractivity contribution in [3.05, 3.63) is 64.0 Å². The number of anilines is 1. The summed E-state index contributed by atoms with van der Waals surface area (Å²) in [6.45, 7) is 2.91. The van der Waals surface area contributed by atoms with Crippen LogP contribution in [0.4, 0.5) is 5.82 Å². The van der Waals surface area contributed by atoms with Crippen molar-refractivity contribution in [3.8, 4) is 5.75 Å². The Morgan fingerprint density at radius 1 is 1.19 bits per heavy atom. The molecule has 0 aliphatic rings. The van der Waals surface area contributed by atoms with E-state index >= 15 is 0 Å². The quantitative estimate of drug-likeness (QED) is 0.656. The summed E-state index contributed by atoms with van der Waals surface area (Å²) in [4.78, 5) is 25.1. The van der Waals surface area contributed by atoms with Crippen LogP contribution in [0.25, 0.3) is 0 Å². The molecule has 0 atom stereocenters. The van der Waals surface area contributed by atoms with Crippen LogP contribution in [0, 0.1) is 0 Å². The normalized spacial score (nSPS) is 10.4. The number of amides is 2. The van der Waals surface area contributed by atoms with Crippen molar-refractivity contribution < 1.29 is 14.3 Å². The van der Waals surface area contributed by atoms with Crippen LogP contribution in [0.5, 0.6) is 5.75 Å². The SMILES string of the molecule is CCOc1ccc(CNC(=O)c2cc(NC(=O)c3cccs3)n(C)n2)cc1. The Bertz CT molecular complexity index is 917. The number of rotatable bonds is 7. The molecule has 0 radical (unpaired) electrons. The Labute approximate surface area is 161 Å². The minimum atomic E-state index is -0.309. The number of carbonyl (C=O) groups excluding carboxylic acids is 2. The average Bonchev–Trinajstić information content (AvgIpc) is 3.32. The molecule has 7 nitrogen and oxygen atoms in total. The molecule has 2 amide bonds. The second-order valence-corrected chi connectivity index (χ2v) is 6.68. The number of hydrogen-bond acceptors (Lipinski definition) is 5. The smallest absolute Gasteiger partial charge is 0.272 e. The second kappa shape index (κ2) is 8.50. The Morgan fingerprint density at radius 2 is 1.96 bits per heavy atom. The summed E-state index contributed by atoms with van der Waals surface area (Å²) in [6.07, 6.45) is 0. The molecule has 0 fully saturated rings. The molecule has 3 aromatic rings. The van der Waals surface area contributed by atoms with Gasteiger partial charge in [-0.2, -0.15) is 5.10 Å². The first-order valence-corrected chi connectivity index (χ1v) is 9.33. The van der Waals surface area contributed by atoms with Crippen LogP contribution in [0.3, 0.4) is 0 Å². The van der Waals surface area contributed by atoms with Gasteiger partial charge in [0.05, 0.1) is 11.5 Å². The van der Waals surface area contributed by atoms with Crippen LogP contribution >= 0.6 is 11.3 Å². The summed E-state index contributed by atoms with van der Waals surface area (Å²) >= 11 is 1.35. The highest BCUT2D eigenvalue weighted by molar-refractivity contribution is 7.12. The van der Waals surface area contributed by atoms with Crippen molar-refractivity contribution in [1.29, 1.82) is 0 Å². The summed E-state index contributed by atoms with van der Waals surface area (Å²) in [7, 11) is 1.67. The topological polar surface area (TPSA) is 85.3 Å². The van der Waals surface area contributed by atoms with E-state index < -0.39 is 0 Å². The number of benzene rings is 1. The largest absolute Gasteiger partial charge is 0.494 e. The summed E-state index contributed by atoms with van der Waals surface area (Å²) < 4.78 is 6.87. The van der Waals surface area contributed by atoms with Crippen molar-refractivity contribution in [2.45, 2.75) is 13.5 Å². The fraction of sp³-hybridized carbons (Fsp3) is 0.211. The zero-order valence-corrected chi connectivity index (χ0v) is 15.9. The molecule has 2 aromatic heterocycles. The summed E-state index contributed by atoms with van der Waals surface area (Å²) in [5.41, 5.74) is 1.19. The van der Waals surface area contributed by atoms with Crippen molar-refractivity contribution in [1.82, 2.24) is 15.1 Å². The molecule has 2 N–H and O–H groups in total. The van der Waals surface area contributed by atoms with E-state index in [2.05, 4.69) is 15.7 Å². The number of aryl methyl sites for hydroxylation is 1. The van der Waals surface area contributed by atoms with Crippen molar-refractivity contribution in [2.75, 3.05) is 11.9 Å². The minimum absolute atomic E-state index is 0.227. The Hall–Kier alpha value is -3.13. The monoisotopic (exact) mass is 384 g/mol. The van der Waals surface area contributed by atoms with Gasteiger partial charge in [-0.1, -0.05) is 18.2 Å². The maximum absolute atomic E-state index is 12.3. The van der Waals surface area contributed by atoms with Crippen LogP contribution in [0.2, 0.25) is 0 Å². The fourth-order valence-electron chi connectivity index (χ4n) is 2.42. The van der Waals surface area contributed by atoms with Gasteiger partial charge < -0.3 is 15.4 Å². The first kappa shape index (κ1) is 18.7. The molecule has 140 valence electrons. The number of nitrogens with zero attached hydrogens (tertiary/aromatic N) is 2. The highest BCUT2D eigenvalue weighted by Crippen LogP contribution is 2.15. The lowest BCUT2D eigenvalue weighted by Gasteiger charge is -2.06. The average molecular weight is 384 g/mol. The number of nitrogens with one attached hydrogen (secondary N) is 2. The van der Waals surface area contributed by atoms with Crippen molar-refractivity contribution >= 4 is 29.0 Å². The van der Waals surface area contributed by atoms with Gasteiger partial charge in [0.25, 0.3) is 11.8 Å². The standard InChI is InChI=1S/C19H20N4O3S/c1-3-26-14-8-6-13(7-9-14)12-20-18(24)15-11-17(23(2)22-15)21-19(25)16-5-4-10-27-16/h4-11H,3,12H2,1-2H3,(H,20,24)(H,21,25). The third kappa shape index (κ3) is 4.73. The van der Waals surface area contributed by atoms with Gasteiger partial charge in [-0.05, 0) is 36.1 Å². The van der Waals surface area contributed by atoms with Crippen molar-refractivity contribution in [2.24, 2.45) is 7.05 Å². The Kier molecular flexibility index (Phi) is 5.87. The number of hydrogen-bond donors (Lipinski definition) is 2. The van der Waals surface area contributed by atoms with E-state index in [1.807, 2.05) is 42.6 Å². The third-order valence-electron chi connectivity index (χ3n) is 3.79. The fourth-order valence-corrected chi connectivity index (χ4v) is 3.04. The van der Waals surface area contributed by atoms with Gasteiger partial charge in [0.15, 0.2) is 5.69 Å². The maximum Gasteiger partial charge on any atom is 0.272 e. The van der Waals surface area contributed by atoms with Gasteiger partial charge in [0.1, 0.15) is 11.6 Å². The van der Waals surface area contributed by atoms with Gasteiger partial charge in [-0.3, -0.25) is 14.3 Å². The molecule has 0 spiro atoms. The zero-order chi connectivity index (χ0) is 19.2. The predicted molar refractivity (Wildman–Crippen MR) is 104 cm³/mol. The molecule has 3 rings (SSSR count). The van der Waals surface area contributed by atoms with E-state index in [-0.39, 0.29) is 17.5 Å². The van der Waals surface area contributed by atoms with Gasteiger partial charge in [-0.25, -0.2) is 0 Å². The molecule has 0 aliphatic heterocycles.